The van der Waals surface area contributed by atoms with E-state index in [-0.39, 0.29) is 135 Å². The van der Waals surface area contributed by atoms with Crippen molar-refractivity contribution in [1.29, 1.82) is 0 Å². The fourth-order valence-electron chi connectivity index (χ4n) is 20.5. The van der Waals surface area contributed by atoms with Gasteiger partial charge in [0.05, 0.1) is 65.6 Å². The van der Waals surface area contributed by atoms with E-state index in [9.17, 15) is 0 Å². The molecule has 10 heterocycles. The van der Waals surface area contributed by atoms with Crippen LogP contribution in [0.3, 0.4) is 0 Å². The zero-order valence-electron chi connectivity index (χ0n) is 84.2. The van der Waals surface area contributed by atoms with E-state index in [0.717, 1.165) is 66.1 Å². The molecular formula is C126H104N10Ni2O8. The van der Waals surface area contributed by atoms with Gasteiger partial charge in [-0.2, -0.15) is 0 Å². The van der Waals surface area contributed by atoms with Gasteiger partial charge in [-0.1, -0.05) is 379 Å². The first-order valence-electron chi connectivity index (χ1n) is 48.8. The third-order valence-electron chi connectivity index (χ3n) is 28.3. The number of aromatic nitrogens is 4. The molecule has 146 heavy (non-hydrogen) atoms. The molecule has 20 heteroatoms. The van der Waals surface area contributed by atoms with Gasteiger partial charge in [-0.25, -0.2) is 29.6 Å². The second kappa shape index (κ2) is 36.2. The molecule has 16 aromatic rings. The molecule has 16 bridgehead atoms. The van der Waals surface area contributed by atoms with Crippen LogP contribution in [0.2, 0.25) is 0 Å². The third kappa shape index (κ3) is 17.1. The summed E-state index contributed by atoms with van der Waals surface area (Å²) in [7, 11) is 0. The van der Waals surface area contributed by atoms with Gasteiger partial charge in [0.25, 0.3) is 11.4 Å². The molecule has 0 aliphatic carbocycles. The number of rotatable bonds is 13. The molecule has 726 valence electrons. The molecule has 0 saturated carbocycles. The number of esters is 2. The number of fused-ring (bicyclic) bond motifs is 18. The van der Waals surface area contributed by atoms with Crippen LogP contribution in [0.5, 0.6) is 0 Å². The van der Waals surface area contributed by atoms with Crippen LogP contribution in [0.4, 0.5) is 0 Å². The molecule has 0 radical (unpaired) electrons. The Kier molecular flexibility index (Phi) is 24.2. The monoisotopic (exact) mass is 2000 g/mol. The van der Waals surface area contributed by atoms with Gasteiger partial charge < -0.3 is 29.4 Å². The summed E-state index contributed by atoms with van der Waals surface area (Å²) < 4.78 is 14.7. The summed E-state index contributed by atoms with van der Waals surface area (Å²) in [4.78, 5) is 109. The number of hydrogen-bond donors (Lipinski definition) is 0. The number of aliphatic imine (C=N–C) groups is 2. The molecule has 18 nitrogen and oxygen atoms in total. The van der Waals surface area contributed by atoms with Crippen molar-refractivity contribution in [2.75, 3.05) is 0 Å². The van der Waals surface area contributed by atoms with Gasteiger partial charge in [0, 0.05) is 23.3 Å². The first kappa shape index (κ1) is 97.6. The number of allylic oxidation sites excluding steroid dienone is 4. The Bertz CT molecular complexity index is 8540. The van der Waals surface area contributed by atoms with E-state index in [1.807, 2.05) is 206 Å². The zero-order valence-corrected chi connectivity index (χ0v) is 86.2. The van der Waals surface area contributed by atoms with E-state index in [1.54, 1.807) is 48.5 Å². The Balaban J connectivity index is 0.00000648. The normalized spacial score (nSPS) is 14.4. The molecule has 0 fully saturated rings. The molecule has 22 rings (SSSR count). The minimum atomic E-state index is -0.704. The summed E-state index contributed by atoms with van der Waals surface area (Å²) in [6.07, 6.45) is 3.03. The summed E-state index contributed by atoms with van der Waals surface area (Å²) >= 11 is 0. The second-order valence-electron chi connectivity index (χ2n) is 44.1. The van der Waals surface area contributed by atoms with Gasteiger partial charge in [0.15, 0.2) is 11.5 Å². The molecule has 6 aliphatic rings. The standard InChI is InChI=1S/C126H104N10O8.2Ni/c1-121(2,3)77-47-39-71(40-48-77)101-89-59-61-91(127-89)105-83-57-55-81(125(13,14)15)63-85(83)99(69-31-23-19-24-32-69)107-115(105)133-111(117(107)143-119(137)75-35-27-21-28-36-75)95-65-87(109(131-95)103(93-67-97(135(139)140)113(101)129-93)73-43-51-79(52-44-73)123(7,8)9)88-66-96-112-118(144-120(138)76-37-29-22-30-38-76)108-100(70-33-25-20-26-34-70)86-64-82(126(16,17)18)56-58-84(86)106(116(108)134-112)92-62-60-90(128-92)102(72-41-49-78(50-42-72)122(4,5)6)114-98(136(141)142)68-94(130-114)104(110(88)132-96)74-45-53-80(54-46-74)124(10,11)12;;/h19-68H,1-18H3;;/q-4;2*+2. The van der Waals surface area contributed by atoms with E-state index in [4.69, 9.17) is 49.4 Å². The van der Waals surface area contributed by atoms with E-state index in [0.29, 0.717) is 120 Å². The average Bonchev–Trinajstić information content (AvgIpc) is 1.54. The number of nitrogens with zero attached hydrogens (tertiary/aromatic N) is 10. The van der Waals surface area contributed by atoms with Gasteiger partial charge in [0.1, 0.15) is 11.4 Å². The van der Waals surface area contributed by atoms with Gasteiger partial charge >= 0.3 is 44.9 Å². The van der Waals surface area contributed by atoms with Crippen molar-refractivity contribution in [2.45, 2.75) is 157 Å². The summed E-state index contributed by atoms with van der Waals surface area (Å²) in [5.41, 5.74) is 12.7. The Labute approximate surface area is 865 Å². The predicted octanol–water partition coefficient (Wildman–Crippen LogP) is 25.0. The maximum atomic E-state index is 16.1. The maximum absolute atomic E-state index is 16.1. The summed E-state index contributed by atoms with van der Waals surface area (Å²) in [6.45, 7) is 38.6. The molecular weight excluding hydrogens is 1900 g/mol. The minimum absolute atomic E-state index is 0. The Morgan fingerprint density at radius 2 is 0.582 bits per heavy atom. The quantitative estimate of drug-likeness (QED) is 0.0453. The minimum Gasteiger partial charge on any atom is -0.657 e. The van der Waals surface area contributed by atoms with Crippen molar-refractivity contribution in [3.8, 4) is 33.4 Å². The molecule has 4 aromatic heterocycles. The Morgan fingerprint density at radius 1 is 0.295 bits per heavy atom. The van der Waals surface area contributed by atoms with E-state index in [2.05, 4.69) is 161 Å². The van der Waals surface area contributed by atoms with Crippen LogP contribution in [0, 0.1) is 41.4 Å². The van der Waals surface area contributed by atoms with Crippen molar-refractivity contribution < 1.29 is 61.9 Å². The zero-order chi connectivity index (χ0) is 101. The van der Waals surface area contributed by atoms with Crippen molar-refractivity contribution in [1.82, 2.24) is 19.9 Å². The van der Waals surface area contributed by atoms with Crippen molar-refractivity contribution in [3.63, 3.8) is 0 Å². The van der Waals surface area contributed by atoms with Crippen LogP contribution in [0.1, 0.15) is 235 Å². The SMILES string of the molecule is CC(C)(C)c1ccc(C2=C3C=C([N+](=O)[O-])C(=N3)C(c3ccc(C(C)(C)C)cc3)=c3ccc([n-]3)=c3c4c(c(-c5ccccc5)c5cc(C(C)(C)C)ccc35)C(OC(=O)c3ccccc3)=C(N=4)c3cc(-c4cc5[n-]c4C(c4ccc(C(C)(C)C)cc4)=C4C=C([N+](=O)[O-])C(=N4)C(c4ccc(C(C)(C)C)cc4)=c4ccc([n-]4)=c4c6c(c(-c7ccccc7)c7cc(C(C)(C)C)ccc47)C(OC(=O)c4ccccc4)=C5N=6)c2[n-]3)cc1.[Ni+2].[Ni+2]. The van der Waals surface area contributed by atoms with Crippen LogP contribution >= 0.6 is 0 Å². The smallest absolute Gasteiger partial charge is 0.657 e. The Morgan fingerprint density at radius 3 is 0.884 bits per heavy atom. The molecule has 0 unspecified atom stereocenters. The molecule has 0 spiro atoms. The largest absolute Gasteiger partial charge is 2.00 e. The number of nitro groups is 2. The van der Waals surface area contributed by atoms with Crippen LogP contribution < -0.4 is 41.3 Å². The third-order valence-corrected chi connectivity index (χ3v) is 28.3. The molecule has 0 N–H and O–H groups in total. The first-order valence-corrected chi connectivity index (χ1v) is 48.8. The Hall–Kier alpha value is -15.9. The van der Waals surface area contributed by atoms with Crippen molar-refractivity contribution >= 4 is 90.1 Å². The molecule has 0 atom stereocenters. The van der Waals surface area contributed by atoms with Gasteiger partial charge in [-0.05, 0) is 201 Å². The van der Waals surface area contributed by atoms with E-state index < -0.39 is 43.4 Å². The maximum Gasteiger partial charge on any atom is 2.00 e. The molecule has 0 saturated heterocycles. The predicted molar refractivity (Wildman–Crippen MR) is 571 cm³/mol. The van der Waals surface area contributed by atoms with Crippen LogP contribution in [0.25, 0.3) is 100 Å². The summed E-state index contributed by atoms with van der Waals surface area (Å²) in [5, 5.41) is 36.6. The number of carbonyl (C=O) groups excluding carboxylic acids is 2. The fourth-order valence-corrected chi connectivity index (χ4v) is 20.5. The van der Waals surface area contributed by atoms with Crippen molar-refractivity contribution in [2.24, 2.45) is 20.0 Å². The van der Waals surface area contributed by atoms with Gasteiger partial charge in [0.2, 0.25) is 0 Å². The van der Waals surface area contributed by atoms with Gasteiger partial charge in [-0.3, -0.25) is 20.2 Å². The number of hydrogen-bond acceptors (Lipinski definition) is 12. The van der Waals surface area contributed by atoms with E-state index in [1.165, 1.54) is 12.2 Å². The number of ether oxygens (including phenoxy) is 2. The topological polar surface area (TPSA) is 245 Å². The van der Waals surface area contributed by atoms with Gasteiger partial charge in [-0.15, -0.1) is 44.2 Å². The fraction of sp³-hybridized carbons (Fsp3) is 0.190. The van der Waals surface area contributed by atoms with Crippen molar-refractivity contribution in [3.05, 3.63) is 490 Å². The summed E-state index contributed by atoms with van der Waals surface area (Å²) in [5.74, 6) is -1.31. The molecule has 12 aromatic carbocycles. The summed E-state index contributed by atoms with van der Waals surface area (Å²) in [6, 6.07) is 94.2. The first-order chi connectivity index (χ1) is 68.7. The molecule has 6 aliphatic heterocycles. The van der Waals surface area contributed by atoms with Crippen LogP contribution in [-0.2, 0) is 74.9 Å². The van der Waals surface area contributed by atoms with E-state index >= 15 is 29.8 Å². The number of carbonyl (C=O) groups is 2. The van der Waals surface area contributed by atoms with Crippen LogP contribution in [-0.4, -0.2) is 33.2 Å². The number of benzene rings is 12. The average molecular weight is 2000 g/mol. The van der Waals surface area contributed by atoms with Crippen LogP contribution in [0.15, 0.2) is 346 Å². The second-order valence-corrected chi connectivity index (χ2v) is 44.1. The molecule has 0 amide bonds.